The molecular weight excluding hydrogens is 1510 g/mol. The van der Waals surface area contributed by atoms with Gasteiger partial charge in [-0.05, 0) is 259 Å². The Morgan fingerprint density at radius 2 is 0.312 bits per heavy atom. The van der Waals surface area contributed by atoms with Crippen LogP contribution >= 0.6 is 0 Å². The Hall–Kier alpha value is -16.3. The molecule has 0 radical (unpaired) electrons. The highest BCUT2D eigenvalue weighted by atomic mass is 15.2. The van der Waals surface area contributed by atoms with E-state index >= 15 is 0 Å². The zero-order valence-electron chi connectivity index (χ0n) is 70.3. The van der Waals surface area contributed by atoms with Gasteiger partial charge in [-0.15, -0.1) is 0 Å². The second-order valence-corrected chi connectivity index (χ2v) is 31.1. The largest absolute Gasteiger partial charge is 0.345 e. The molecule has 600 valence electrons. The molecule has 0 atom stereocenters. The molecule has 20 rings (SSSR count). The van der Waals surface area contributed by atoms with E-state index in [1.807, 2.05) is 6.07 Å². The van der Waals surface area contributed by atoms with E-state index in [1.54, 1.807) is 0 Å². The van der Waals surface area contributed by atoms with Crippen molar-refractivity contribution in [1.82, 2.24) is 0 Å². The fourth-order valence-corrected chi connectivity index (χ4v) is 16.4. The lowest BCUT2D eigenvalue weighted by atomic mass is 10.0. The van der Waals surface area contributed by atoms with Gasteiger partial charge in [-0.2, -0.15) is 0 Å². The first-order valence-electron chi connectivity index (χ1n) is 42.6. The number of anilines is 15. The van der Waals surface area contributed by atoms with Crippen molar-refractivity contribution >= 4 is 107 Å². The van der Waals surface area contributed by atoms with Crippen LogP contribution in [-0.2, 0) is 0 Å². The quantitative estimate of drug-likeness (QED) is 0.0709. The van der Waals surface area contributed by atoms with Gasteiger partial charge < -0.3 is 29.4 Å². The zero-order chi connectivity index (χ0) is 84.5. The van der Waals surface area contributed by atoms with Gasteiger partial charge in [0.1, 0.15) is 0 Å². The second-order valence-electron chi connectivity index (χ2n) is 31.1. The van der Waals surface area contributed by atoms with E-state index in [-0.39, 0.29) is 0 Å². The Labute approximate surface area is 734 Å². The summed E-state index contributed by atoms with van der Waals surface area (Å²) in [5, 5.41) is 4.98. The number of hydrogen-bond donors (Lipinski definition) is 0. The van der Waals surface area contributed by atoms with E-state index in [4.69, 9.17) is 0 Å². The smallest absolute Gasteiger partial charge is 0.0487 e. The number of para-hydroxylation sites is 1. The first-order chi connectivity index (χ1) is 61.7. The van der Waals surface area contributed by atoms with Gasteiger partial charge in [-0.1, -0.05) is 340 Å². The van der Waals surface area contributed by atoms with Crippen molar-refractivity contribution in [2.24, 2.45) is 0 Å². The molecule has 0 saturated carbocycles. The molecule has 0 aliphatic heterocycles. The maximum atomic E-state index is 2.32. The SMILES string of the molecule is CN(c1ccc(N(c2ccc(-c3ccccc3)cc2)c2ccc(-c3ccccc3)cc2)cc1)c1ccc2ccccc2c1.CN(c1ccc(N(c2ccc(-c3ccccc3)cc2)c2ccc(-c3ccccc3)cc2)cc1)c1cccc2ccccc12.CN(c1ccccc1)c1ccc(N(c2ccc(-c3ccccc3)cc2)c2ccc(-c3ccccc3)cc2)cc1. The molecule has 0 unspecified atom stereocenters. The maximum absolute atomic E-state index is 2.32. The molecule has 20 aromatic rings. The minimum Gasteiger partial charge on any atom is -0.345 e. The van der Waals surface area contributed by atoms with Crippen LogP contribution < -0.4 is 29.4 Å². The molecule has 0 amide bonds. The molecule has 6 nitrogen and oxygen atoms in total. The van der Waals surface area contributed by atoms with Gasteiger partial charge in [-0.3, -0.25) is 0 Å². The minimum absolute atomic E-state index is 1.11. The van der Waals surface area contributed by atoms with Crippen LogP contribution in [0.1, 0.15) is 0 Å². The molecular formula is C119H94N6. The lowest BCUT2D eigenvalue weighted by Crippen LogP contribution is -2.12. The zero-order valence-corrected chi connectivity index (χ0v) is 70.3. The predicted molar refractivity (Wildman–Crippen MR) is 535 cm³/mol. The minimum atomic E-state index is 1.11. The van der Waals surface area contributed by atoms with Gasteiger partial charge in [0, 0.05) is 112 Å². The molecule has 125 heavy (non-hydrogen) atoms. The molecule has 6 heteroatoms. The van der Waals surface area contributed by atoms with Crippen molar-refractivity contribution in [3.8, 4) is 66.8 Å². The predicted octanol–water partition coefficient (Wildman–Crippen LogP) is 33.1. The summed E-state index contributed by atoms with van der Waals surface area (Å²) in [6.07, 6.45) is 0. The number of rotatable bonds is 21. The Balaban J connectivity index is 0.000000128. The van der Waals surface area contributed by atoms with E-state index in [9.17, 15) is 0 Å². The third-order valence-electron chi connectivity index (χ3n) is 23.3. The van der Waals surface area contributed by atoms with Crippen LogP contribution in [0, 0.1) is 0 Å². The molecule has 0 bridgehead atoms. The summed E-state index contributed by atoms with van der Waals surface area (Å²) in [6, 6.07) is 183. The van der Waals surface area contributed by atoms with Crippen molar-refractivity contribution < 1.29 is 0 Å². The normalized spacial score (nSPS) is 10.8. The van der Waals surface area contributed by atoms with Crippen LogP contribution in [0.2, 0.25) is 0 Å². The van der Waals surface area contributed by atoms with Crippen LogP contribution in [0.25, 0.3) is 88.3 Å². The Morgan fingerprint density at radius 1 is 0.120 bits per heavy atom. The third-order valence-corrected chi connectivity index (χ3v) is 23.3. The van der Waals surface area contributed by atoms with E-state index < -0.39 is 0 Å². The van der Waals surface area contributed by atoms with Crippen LogP contribution in [0.4, 0.5) is 85.3 Å². The van der Waals surface area contributed by atoms with Gasteiger partial charge in [-0.25, -0.2) is 0 Å². The lowest BCUT2D eigenvalue weighted by molar-refractivity contribution is 1.20. The van der Waals surface area contributed by atoms with Crippen molar-refractivity contribution in [2.75, 3.05) is 50.5 Å². The third kappa shape index (κ3) is 18.6. The molecule has 0 fully saturated rings. The maximum Gasteiger partial charge on any atom is 0.0487 e. The summed E-state index contributed by atoms with van der Waals surface area (Å²) in [5.41, 5.74) is 31.5. The van der Waals surface area contributed by atoms with E-state index in [2.05, 4.69) is 560 Å². The van der Waals surface area contributed by atoms with Gasteiger partial charge in [0.25, 0.3) is 0 Å². The van der Waals surface area contributed by atoms with E-state index in [1.165, 1.54) is 94.0 Å². The Morgan fingerprint density at radius 3 is 0.608 bits per heavy atom. The molecule has 0 saturated heterocycles. The average Bonchev–Trinajstić information content (AvgIpc) is 0.796. The summed E-state index contributed by atoms with van der Waals surface area (Å²) >= 11 is 0. The highest BCUT2D eigenvalue weighted by Gasteiger charge is 2.20. The van der Waals surface area contributed by atoms with Crippen molar-refractivity contribution in [2.45, 2.75) is 0 Å². The van der Waals surface area contributed by atoms with Crippen LogP contribution in [0.5, 0.6) is 0 Å². The lowest BCUT2D eigenvalue weighted by Gasteiger charge is -2.27. The number of benzene rings is 20. The van der Waals surface area contributed by atoms with Crippen molar-refractivity contribution in [1.29, 1.82) is 0 Å². The van der Waals surface area contributed by atoms with Crippen LogP contribution in [-0.4, -0.2) is 21.1 Å². The van der Waals surface area contributed by atoms with E-state index in [0.29, 0.717) is 0 Å². The van der Waals surface area contributed by atoms with Gasteiger partial charge >= 0.3 is 0 Å². The van der Waals surface area contributed by atoms with Crippen LogP contribution in [0.15, 0.2) is 516 Å². The summed E-state index contributed by atoms with van der Waals surface area (Å²) in [7, 11) is 6.37. The topological polar surface area (TPSA) is 19.4 Å². The standard InChI is InChI=1S/2C41H32N2.C37H30N2/c1-42(41-18-10-16-35-15-8-9-17-40(35)41)36-27-29-39(30-28-36)43(37-23-19-33(20-24-37)31-11-4-2-5-12-31)38-25-21-34(22-26-38)32-13-6-3-7-14-32;1-42(41-25-20-33-14-8-9-15-36(33)30-41)37-26-28-40(29-27-37)43(38-21-16-34(17-22-38)31-10-4-2-5-11-31)39-23-18-35(19-24-39)32-12-6-3-7-13-32;1-38(33-15-9-4-10-16-33)34-25-27-37(28-26-34)39(35-21-17-31(18-22-35)29-11-5-2-6-12-29)36-23-19-32(20-24-36)30-13-7-3-8-14-30/h2*2-30H,1H3;2-28H,1H3. The highest BCUT2D eigenvalue weighted by molar-refractivity contribution is 5.97. The molecule has 0 aliphatic rings. The van der Waals surface area contributed by atoms with Gasteiger partial charge in [0.05, 0.1) is 0 Å². The highest BCUT2D eigenvalue weighted by Crippen LogP contribution is 2.44. The summed E-state index contributed by atoms with van der Waals surface area (Å²) in [6.45, 7) is 0. The molecule has 0 spiro atoms. The van der Waals surface area contributed by atoms with Crippen LogP contribution in [0.3, 0.4) is 0 Å². The Kier molecular flexibility index (Phi) is 24.3. The summed E-state index contributed by atoms with van der Waals surface area (Å²) < 4.78 is 0. The first-order valence-corrected chi connectivity index (χ1v) is 42.6. The first kappa shape index (κ1) is 79.8. The molecule has 0 N–H and O–H groups in total. The molecule has 0 heterocycles. The van der Waals surface area contributed by atoms with Crippen molar-refractivity contribution in [3.63, 3.8) is 0 Å². The fraction of sp³-hybridized carbons (Fsp3) is 0.0252. The van der Waals surface area contributed by atoms with Crippen molar-refractivity contribution in [3.05, 3.63) is 516 Å². The number of nitrogens with zero attached hydrogens (tertiary/aromatic N) is 6. The monoisotopic (exact) mass is 1610 g/mol. The fourth-order valence-electron chi connectivity index (χ4n) is 16.4. The molecule has 20 aromatic carbocycles. The van der Waals surface area contributed by atoms with Gasteiger partial charge in [0.15, 0.2) is 0 Å². The van der Waals surface area contributed by atoms with Gasteiger partial charge in [0.2, 0.25) is 0 Å². The number of fused-ring (bicyclic) bond motifs is 2. The molecule has 0 aromatic heterocycles. The molecule has 0 aliphatic carbocycles. The Bertz CT molecular complexity index is 6570. The summed E-state index contributed by atoms with van der Waals surface area (Å²) in [4.78, 5) is 13.7. The number of hydrogen-bond acceptors (Lipinski definition) is 6. The average molecular weight is 1610 g/mol. The summed E-state index contributed by atoms with van der Waals surface area (Å²) in [5.74, 6) is 0. The van der Waals surface area contributed by atoms with E-state index in [0.717, 1.165) is 79.6 Å². The second kappa shape index (κ2) is 38.0.